The maximum absolute atomic E-state index is 5.28. The average Bonchev–Trinajstić information content (AvgIpc) is 3.29. The van der Waals surface area contributed by atoms with Crippen molar-refractivity contribution in [1.29, 1.82) is 0 Å². The first-order valence-corrected chi connectivity index (χ1v) is 13.3. The molecule has 0 aliphatic heterocycles. The highest BCUT2D eigenvalue weighted by molar-refractivity contribution is 5.68. The minimum Gasteiger partial charge on any atom is -0.373 e. The Morgan fingerprint density at radius 2 is 1.50 bits per heavy atom. The number of rotatable bonds is 13. The summed E-state index contributed by atoms with van der Waals surface area (Å²) in [6.07, 6.45) is 6.60. The average molecular weight is 482 g/mol. The lowest BCUT2D eigenvalue weighted by Gasteiger charge is -2.24. The van der Waals surface area contributed by atoms with Gasteiger partial charge in [0.2, 0.25) is 0 Å². The van der Waals surface area contributed by atoms with Gasteiger partial charge in [-0.15, -0.1) is 0 Å². The van der Waals surface area contributed by atoms with Crippen molar-refractivity contribution in [3.05, 3.63) is 90.3 Å². The van der Waals surface area contributed by atoms with E-state index in [2.05, 4.69) is 106 Å². The van der Waals surface area contributed by atoms with Gasteiger partial charge in [0.15, 0.2) is 0 Å². The molecule has 1 N–H and O–H groups in total. The Morgan fingerprint density at radius 1 is 0.806 bits per heavy atom. The van der Waals surface area contributed by atoms with Crippen LogP contribution in [0.5, 0.6) is 0 Å². The normalized spacial score (nSPS) is 11.2. The lowest BCUT2D eigenvalue weighted by atomic mass is 10.1. The molecule has 36 heavy (non-hydrogen) atoms. The van der Waals surface area contributed by atoms with Crippen LogP contribution in [0.1, 0.15) is 50.8 Å². The zero-order valence-corrected chi connectivity index (χ0v) is 22.0. The molecule has 0 fully saturated rings. The second-order valence-corrected chi connectivity index (χ2v) is 9.33. The molecular weight excluding hydrogens is 442 g/mol. The molecule has 0 bridgehead atoms. The van der Waals surface area contributed by atoms with Crippen LogP contribution in [-0.2, 0) is 19.6 Å². The summed E-state index contributed by atoms with van der Waals surface area (Å²) in [4.78, 5) is 12.4. The molecule has 0 radical (unpaired) electrons. The predicted molar refractivity (Wildman–Crippen MR) is 151 cm³/mol. The molecule has 0 unspecified atom stereocenters. The van der Waals surface area contributed by atoms with E-state index in [0.29, 0.717) is 0 Å². The first kappa shape index (κ1) is 25.6. The quantitative estimate of drug-likeness (QED) is 0.218. The van der Waals surface area contributed by atoms with Crippen LogP contribution < -0.4 is 5.32 Å². The van der Waals surface area contributed by atoms with Crippen LogP contribution in [0.4, 0.5) is 5.82 Å². The number of nitrogens with one attached hydrogen (secondary N) is 1. The molecule has 4 aromatic rings. The zero-order valence-electron chi connectivity index (χ0n) is 22.0. The van der Waals surface area contributed by atoms with Gasteiger partial charge in [-0.1, -0.05) is 93.4 Å². The van der Waals surface area contributed by atoms with Crippen LogP contribution in [0, 0.1) is 0 Å². The molecule has 0 amide bonds. The Kier molecular flexibility index (Phi) is 9.28. The largest absolute Gasteiger partial charge is 0.373 e. The Morgan fingerprint density at radius 3 is 2.11 bits per heavy atom. The van der Waals surface area contributed by atoms with Crippen molar-refractivity contribution in [2.24, 2.45) is 0 Å². The lowest BCUT2D eigenvalue weighted by molar-refractivity contribution is 0.246. The van der Waals surface area contributed by atoms with E-state index < -0.39 is 0 Å². The monoisotopic (exact) mass is 481 g/mol. The SMILES string of the molecule is CCCCN(Cc1ccc(NC)nc1)Cc1c(-c2ccccc2)nc(-c2ccccc2)n1CCCC. The summed E-state index contributed by atoms with van der Waals surface area (Å²) in [6.45, 7) is 8.24. The van der Waals surface area contributed by atoms with Gasteiger partial charge in [0.1, 0.15) is 11.6 Å². The van der Waals surface area contributed by atoms with Gasteiger partial charge in [-0.25, -0.2) is 9.97 Å². The third kappa shape index (κ3) is 6.41. The van der Waals surface area contributed by atoms with Gasteiger partial charge in [0, 0.05) is 44.0 Å². The Hall–Kier alpha value is -3.44. The molecule has 2 heterocycles. The van der Waals surface area contributed by atoms with E-state index in [1.807, 2.05) is 13.2 Å². The van der Waals surface area contributed by atoms with Gasteiger partial charge in [0.05, 0.1) is 11.4 Å². The van der Waals surface area contributed by atoms with Crippen molar-refractivity contribution in [2.45, 2.75) is 59.2 Å². The van der Waals surface area contributed by atoms with E-state index in [0.717, 1.165) is 62.8 Å². The highest BCUT2D eigenvalue weighted by Crippen LogP contribution is 2.31. The number of anilines is 1. The summed E-state index contributed by atoms with van der Waals surface area (Å²) in [5.74, 6) is 1.96. The van der Waals surface area contributed by atoms with Crippen LogP contribution in [0.2, 0.25) is 0 Å². The van der Waals surface area contributed by atoms with Crippen molar-refractivity contribution in [3.8, 4) is 22.6 Å². The molecule has 0 atom stereocenters. The molecular formula is C31H39N5. The molecule has 0 aliphatic carbocycles. The number of pyridine rings is 1. The first-order chi connectivity index (χ1) is 17.7. The highest BCUT2D eigenvalue weighted by atomic mass is 15.2. The molecule has 188 valence electrons. The summed E-state index contributed by atoms with van der Waals surface area (Å²) in [6, 6.07) is 25.5. The molecule has 2 aromatic heterocycles. The summed E-state index contributed by atoms with van der Waals surface area (Å²) in [7, 11) is 1.91. The molecule has 4 rings (SSSR count). The molecule has 5 nitrogen and oxygen atoms in total. The minimum atomic E-state index is 0.849. The zero-order chi connectivity index (χ0) is 25.2. The van der Waals surface area contributed by atoms with E-state index in [-0.39, 0.29) is 0 Å². The maximum atomic E-state index is 5.28. The fraction of sp³-hybridized carbons (Fsp3) is 0.355. The van der Waals surface area contributed by atoms with Gasteiger partial charge in [-0.2, -0.15) is 0 Å². The van der Waals surface area contributed by atoms with E-state index in [1.54, 1.807) is 0 Å². The molecule has 5 heteroatoms. The van der Waals surface area contributed by atoms with Crippen molar-refractivity contribution < 1.29 is 0 Å². The number of imidazole rings is 1. The number of nitrogens with zero attached hydrogens (tertiary/aromatic N) is 4. The second-order valence-electron chi connectivity index (χ2n) is 9.33. The van der Waals surface area contributed by atoms with Crippen molar-refractivity contribution in [3.63, 3.8) is 0 Å². The second kappa shape index (κ2) is 13.0. The number of hydrogen-bond donors (Lipinski definition) is 1. The standard InChI is InChI=1S/C31H39N5/c1-4-6-20-35(23-25-18-19-29(32-3)33-22-25)24-28-30(26-14-10-8-11-15-26)34-31(36(28)21-7-5-2)27-16-12-9-13-17-27/h8-19,22H,4-7,20-21,23-24H2,1-3H3,(H,32,33). The predicted octanol–water partition coefficient (Wildman–Crippen LogP) is 7.26. The third-order valence-corrected chi connectivity index (χ3v) is 6.58. The summed E-state index contributed by atoms with van der Waals surface area (Å²) in [5, 5.41) is 3.12. The van der Waals surface area contributed by atoms with E-state index in [1.165, 1.54) is 28.8 Å². The summed E-state index contributed by atoms with van der Waals surface area (Å²) in [5.41, 5.74) is 5.97. The highest BCUT2D eigenvalue weighted by Gasteiger charge is 2.21. The maximum Gasteiger partial charge on any atom is 0.140 e. The van der Waals surface area contributed by atoms with Gasteiger partial charge in [0.25, 0.3) is 0 Å². The third-order valence-electron chi connectivity index (χ3n) is 6.58. The van der Waals surface area contributed by atoms with Crippen molar-refractivity contribution in [1.82, 2.24) is 19.4 Å². The Balaban J connectivity index is 1.76. The van der Waals surface area contributed by atoms with Gasteiger partial charge in [-0.3, -0.25) is 4.90 Å². The first-order valence-electron chi connectivity index (χ1n) is 13.3. The number of aromatic nitrogens is 3. The summed E-state index contributed by atoms with van der Waals surface area (Å²) >= 11 is 0. The fourth-order valence-electron chi connectivity index (χ4n) is 4.57. The lowest BCUT2D eigenvalue weighted by Crippen LogP contribution is -2.26. The minimum absolute atomic E-state index is 0.849. The number of hydrogen-bond acceptors (Lipinski definition) is 4. The fourth-order valence-corrected chi connectivity index (χ4v) is 4.57. The van der Waals surface area contributed by atoms with Gasteiger partial charge in [-0.05, 0) is 31.0 Å². The van der Waals surface area contributed by atoms with Gasteiger partial charge >= 0.3 is 0 Å². The molecule has 0 saturated carbocycles. The smallest absolute Gasteiger partial charge is 0.140 e. The Labute approximate surface area is 216 Å². The van der Waals surface area contributed by atoms with E-state index >= 15 is 0 Å². The molecule has 0 aliphatic rings. The summed E-state index contributed by atoms with van der Waals surface area (Å²) < 4.78 is 2.47. The van der Waals surface area contributed by atoms with Crippen LogP contribution in [-0.4, -0.2) is 33.0 Å². The van der Waals surface area contributed by atoms with E-state index in [9.17, 15) is 0 Å². The molecule has 2 aromatic carbocycles. The number of unbranched alkanes of at least 4 members (excludes halogenated alkanes) is 2. The van der Waals surface area contributed by atoms with Gasteiger partial charge < -0.3 is 9.88 Å². The van der Waals surface area contributed by atoms with Crippen LogP contribution >= 0.6 is 0 Å². The molecule has 0 spiro atoms. The van der Waals surface area contributed by atoms with Crippen molar-refractivity contribution >= 4 is 5.82 Å². The Bertz CT molecular complexity index is 1180. The van der Waals surface area contributed by atoms with Crippen LogP contribution in [0.25, 0.3) is 22.6 Å². The van der Waals surface area contributed by atoms with E-state index in [4.69, 9.17) is 4.98 Å². The topological polar surface area (TPSA) is 46.0 Å². The molecule has 0 saturated heterocycles. The number of benzene rings is 2. The van der Waals surface area contributed by atoms with Crippen molar-refractivity contribution in [2.75, 3.05) is 18.9 Å². The van der Waals surface area contributed by atoms with Crippen LogP contribution in [0.15, 0.2) is 79.0 Å². The van der Waals surface area contributed by atoms with Crippen LogP contribution in [0.3, 0.4) is 0 Å².